The summed E-state index contributed by atoms with van der Waals surface area (Å²) in [7, 11) is 0.205. The zero-order valence-corrected chi connectivity index (χ0v) is 25.6. The average molecular weight is 592 g/mol. The van der Waals surface area contributed by atoms with Crippen LogP contribution in [0.5, 0.6) is 0 Å². The summed E-state index contributed by atoms with van der Waals surface area (Å²) in [5.74, 6) is -1.04. The van der Waals surface area contributed by atoms with Crippen LogP contribution in [0.3, 0.4) is 0 Å². The number of nitrogens with one attached hydrogen (secondary N) is 2. The van der Waals surface area contributed by atoms with Crippen molar-refractivity contribution in [3.8, 4) is 0 Å². The minimum atomic E-state index is -0.733. The van der Waals surface area contributed by atoms with Crippen molar-refractivity contribution < 1.29 is 19.2 Å². The van der Waals surface area contributed by atoms with E-state index in [0.29, 0.717) is 36.6 Å². The molecule has 1 heterocycles. The molecule has 4 amide bonds. The fourth-order valence-electron chi connectivity index (χ4n) is 5.76. The second-order valence-electron chi connectivity index (χ2n) is 11.6. The number of fused-ring (bicyclic) bond motifs is 2. The normalized spacial score (nSPS) is 15.1. The molecule has 7 nitrogen and oxygen atoms in total. The highest BCUT2D eigenvalue weighted by atomic mass is 28.2. The molecule has 3 aromatic rings. The summed E-state index contributed by atoms with van der Waals surface area (Å²) >= 11 is 0. The van der Waals surface area contributed by atoms with Crippen LogP contribution in [0.25, 0.3) is 5.57 Å². The minimum absolute atomic E-state index is 0.171. The van der Waals surface area contributed by atoms with Gasteiger partial charge < -0.3 is 10.6 Å². The Morgan fingerprint density at radius 2 is 1.47 bits per heavy atom. The first-order valence-electron chi connectivity index (χ1n) is 14.9. The number of hydrogen-bond acceptors (Lipinski definition) is 4. The third-order valence-corrected chi connectivity index (χ3v) is 9.29. The number of amides is 4. The van der Waals surface area contributed by atoms with Gasteiger partial charge in [-0.25, -0.2) is 0 Å². The highest BCUT2D eigenvalue weighted by Crippen LogP contribution is 2.31. The van der Waals surface area contributed by atoms with Crippen LogP contribution in [-0.2, 0) is 22.6 Å². The van der Waals surface area contributed by atoms with Crippen molar-refractivity contribution in [1.82, 2.24) is 15.5 Å². The van der Waals surface area contributed by atoms with Crippen molar-refractivity contribution >= 4 is 38.7 Å². The fraction of sp³-hybridized carbons (Fsp3) is 0.314. The predicted octanol–water partition coefficient (Wildman–Crippen LogP) is 4.86. The molecule has 0 fully saturated rings. The van der Waals surface area contributed by atoms with E-state index in [2.05, 4.69) is 42.7 Å². The zero-order valence-electron chi connectivity index (χ0n) is 24.6. The van der Waals surface area contributed by atoms with E-state index < -0.39 is 6.04 Å². The number of benzene rings is 3. The van der Waals surface area contributed by atoms with E-state index in [1.165, 1.54) is 10.5 Å². The molecular weight excluding hydrogens is 554 g/mol. The molecule has 2 aliphatic rings. The number of carbonyl (C=O) groups is 4. The summed E-state index contributed by atoms with van der Waals surface area (Å²) in [6.07, 6.45) is 4.27. The topological polar surface area (TPSA) is 95.6 Å². The van der Waals surface area contributed by atoms with Gasteiger partial charge in [-0.15, -0.1) is 0 Å². The summed E-state index contributed by atoms with van der Waals surface area (Å²) < 4.78 is 0. The van der Waals surface area contributed by atoms with Crippen LogP contribution in [0.2, 0.25) is 6.04 Å². The lowest BCUT2D eigenvalue weighted by Gasteiger charge is -2.24. The van der Waals surface area contributed by atoms with Crippen molar-refractivity contribution in [2.75, 3.05) is 6.17 Å². The van der Waals surface area contributed by atoms with Gasteiger partial charge in [0.25, 0.3) is 11.8 Å². The summed E-state index contributed by atoms with van der Waals surface area (Å²) in [5, 5.41) is 6.11. The smallest absolute Gasteiger partial charge is 0.261 e. The Bertz CT molecular complexity index is 1500. The SMILES string of the molecule is CC(C)CC(C[Si]CN1C(=O)c2ccccc2C1=O)C(=O)NC(CC1=CCc2ccccc21)C(=O)NCc1ccccc1. The Balaban J connectivity index is 1.26. The van der Waals surface area contributed by atoms with Gasteiger partial charge in [0.2, 0.25) is 11.8 Å². The van der Waals surface area contributed by atoms with Crippen LogP contribution in [0.1, 0.15) is 64.1 Å². The van der Waals surface area contributed by atoms with Gasteiger partial charge in [0.05, 0.1) is 20.6 Å². The maximum absolute atomic E-state index is 13.8. The van der Waals surface area contributed by atoms with Crippen LogP contribution < -0.4 is 10.6 Å². The minimum Gasteiger partial charge on any atom is -0.350 e. The first kappa shape index (κ1) is 30.2. The molecule has 3 aromatic carbocycles. The molecule has 2 atom stereocenters. The van der Waals surface area contributed by atoms with Gasteiger partial charge in [-0.1, -0.05) is 86.7 Å². The van der Waals surface area contributed by atoms with Crippen molar-refractivity contribution in [3.63, 3.8) is 0 Å². The molecule has 0 aromatic heterocycles. The third kappa shape index (κ3) is 7.20. The molecule has 2 N–H and O–H groups in total. The van der Waals surface area contributed by atoms with E-state index in [-0.39, 0.29) is 51.2 Å². The van der Waals surface area contributed by atoms with Crippen LogP contribution in [0.4, 0.5) is 0 Å². The van der Waals surface area contributed by atoms with Gasteiger partial charge in [0, 0.05) is 25.1 Å². The Morgan fingerprint density at radius 1 is 0.837 bits per heavy atom. The standard InChI is InChI=1S/C35H37N3O4Si/c1-23(2)18-27(21-43-22-38-34(41)29-14-8-9-15-30(29)35(38)42)32(39)37-31(33(40)36-20-24-10-4-3-5-11-24)19-26-17-16-25-12-6-7-13-28(25)26/h3-15,17,23,27,31H,16,18-22H2,1-2H3,(H,36,40)(H,37,39). The number of nitrogens with zero attached hydrogens (tertiary/aromatic N) is 1. The van der Waals surface area contributed by atoms with Gasteiger partial charge in [-0.2, -0.15) is 0 Å². The second-order valence-corrected chi connectivity index (χ2v) is 12.8. The van der Waals surface area contributed by atoms with E-state index >= 15 is 0 Å². The van der Waals surface area contributed by atoms with Gasteiger partial charge in [0.1, 0.15) is 6.04 Å². The van der Waals surface area contributed by atoms with E-state index in [4.69, 9.17) is 0 Å². The molecule has 2 unspecified atom stereocenters. The van der Waals surface area contributed by atoms with Crippen molar-refractivity contribution in [2.45, 2.75) is 51.7 Å². The molecular formula is C35H37N3O4Si. The lowest BCUT2D eigenvalue weighted by atomic mass is 9.96. The number of allylic oxidation sites excluding steroid dienone is 1. The summed E-state index contributed by atoms with van der Waals surface area (Å²) in [6.45, 7) is 4.51. The Labute approximate surface area is 255 Å². The van der Waals surface area contributed by atoms with Crippen LogP contribution in [0.15, 0.2) is 84.9 Å². The molecule has 0 saturated carbocycles. The van der Waals surface area contributed by atoms with Crippen molar-refractivity contribution in [2.24, 2.45) is 11.8 Å². The lowest BCUT2D eigenvalue weighted by molar-refractivity contribution is -0.131. The zero-order chi connectivity index (χ0) is 30.3. The quantitative estimate of drug-likeness (QED) is 0.219. The number of imide groups is 1. The van der Waals surface area contributed by atoms with Crippen molar-refractivity contribution in [3.05, 3.63) is 113 Å². The first-order valence-corrected chi connectivity index (χ1v) is 16.3. The first-order chi connectivity index (χ1) is 20.8. The van der Waals surface area contributed by atoms with Crippen LogP contribution in [0, 0.1) is 11.8 Å². The maximum atomic E-state index is 13.8. The molecule has 0 bridgehead atoms. The van der Waals surface area contributed by atoms with E-state index in [1.54, 1.807) is 24.3 Å². The average Bonchev–Trinajstić information content (AvgIpc) is 3.53. The Hall–Kier alpha value is -4.30. The summed E-state index contributed by atoms with van der Waals surface area (Å²) in [5.41, 5.74) is 5.25. The van der Waals surface area contributed by atoms with Crippen LogP contribution in [-0.4, -0.2) is 50.3 Å². The van der Waals surface area contributed by atoms with E-state index in [1.807, 2.05) is 42.5 Å². The Kier molecular flexibility index (Phi) is 9.67. The monoisotopic (exact) mass is 591 g/mol. The summed E-state index contributed by atoms with van der Waals surface area (Å²) in [4.78, 5) is 54.2. The van der Waals surface area contributed by atoms with Gasteiger partial charge in [0.15, 0.2) is 0 Å². The fourth-order valence-corrected chi connectivity index (χ4v) is 7.10. The van der Waals surface area contributed by atoms with E-state index in [9.17, 15) is 19.2 Å². The Morgan fingerprint density at radius 3 is 2.14 bits per heavy atom. The molecule has 220 valence electrons. The van der Waals surface area contributed by atoms with Gasteiger partial charge in [-0.3, -0.25) is 24.1 Å². The molecule has 1 aliphatic carbocycles. The largest absolute Gasteiger partial charge is 0.350 e. The predicted molar refractivity (Wildman–Crippen MR) is 168 cm³/mol. The summed E-state index contributed by atoms with van der Waals surface area (Å²) in [6, 6.07) is 24.5. The number of hydrogen-bond donors (Lipinski definition) is 2. The molecule has 2 radical (unpaired) electrons. The third-order valence-electron chi connectivity index (χ3n) is 7.96. The van der Waals surface area contributed by atoms with Crippen LogP contribution >= 0.6 is 0 Å². The number of rotatable bonds is 13. The number of carbonyl (C=O) groups excluding carboxylic acids is 4. The van der Waals surface area contributed by atoms with Gasteiger partial charge >= 0.3 is 0 Å². The molecule has 1 aliphatic heterocycles. The van der Waals surface area contributed by atoms with Crippen molar-refractivity contribution in [1.29, 1.82) is 0 Å². The molecule has 43 heavy (non-hydrogen) atoms. The van der Waals surface area contributed by atoms with Gasteiger partial charge in [-0.05, 0) is 59.2 Å². The maximum Gasteiger partial charge on any atom is 0.261 e. The molecule has 5 rings (SSSR count). The van der Waals surface area contributed by atoms with E-state index in [0.717, 1.165) is 23.1 Å². The molecule has 0 saturated heterocycles. The lowest BCUT2D eigenvalue weighted by Crippen LogP contribution is -2.48. The molecule has 0 spiro atoms. The second kappa shape index (κ2) is 13.8. The highest BCUT2D eigenvalue weighted by molar-refractivity contribution is 6.38. The molecule has 8 heteroatoms. The highest BCUT2D eigenvalue weighted by Gasteiger charge is 2.35.